The molecule has 0 atom stereocenters. The number of thiazole rings is 1. The van der Waals surface area contributed by atoms with Crippen molar-refractivity contribution in [3.05, 3.63) is 40.0 Å². The van der Waals surface area contributed by atoms with Crippen molar-refractivity contribution in [3.63, 3.8) is 0 Å². The van der Waals surface area contributed by atoms with Crippen molar-refractivity contribution in [1.29, 1.82) is 0 Å². The molecular weight excluding hydrogens is 248 g/mol. The van der Waals surface area contributed by atoms with Crippen molar-refractivity contribution in [1.82, 2.24) is 9.97 Å². The van der Waals surface area contributed by atoms with E-state index in [1.165, 1.54) is 11.1 Å². The normalized spacial score (nSPS) is 10.3. The lowest BCUT2D eigenvalue weighted by Crippen LogP contribution is -2.11. The molecule has 0 unspecified atom stereocenters. The van der Waals surface area contributed by atoms with Crippen LogP contribution in [0.2, 0.25) is 0 Å². The van der Waals surface area contributed by atoms with Gasteiger partial charge in [0.25, 0.3) is 0 Å². The quantitative estimate of drug-likeness (QED) is 0.861. The summed E-state index contributed by atoms with van der Waals surface area (Å²) >= 11 is 1.68. The molecule has 0 spiro atoms. The zero-order chi connectivity index (χ0) is 13.0. The second-order valence-corrected chi connectivity index (χ2v) is 4.92. The number of anilines is 1. The van der Waals surface area contributed by atoms with Gasteiger partial charge in [-0.2, -0.15) is 0 Å². The van der Waals surface area contributed by atoms with Gasteiger partial charge in [0.2, 0.25) is 5.91 Å². The number of nitrogens with one attached hydrogen (secondary N) is 1. The minimum atomic E-state index is -0.471. The predicted molar refractivity (Wildman–Crippen MR) is 71.6 cm³/mol. The Kier molecular flexibility index (Phi) is 3.88. The highest BCUT2D eigenvalue weighted by atomic mass is 32.1. The Bertz CT molecular complexity index is 535. The molecule has 2 aromatic rings. The molecule has 0 saturated heterocycles. The van der Waals surface area contributed by atoms with Crippen LogP contribution >= 0.6 is 11.3 Å². The average Bonchev–Trinajstić information content (AvgIpc) is 2.85. The Morgan fingerprint density at radius 2 is 2.22 bits per heavy atom. The molecule has 2 rings (SSSR count). The van der Waals surface area contributed by atoms with Gasteiger partial charge in [-0.25, -0.2) is 9.97 Å². The Labute approximate surface area is 109 Å². The van der Waals surface area contributed by atoms with Gasteiger partial charge in [0, 0.05) is 17.3 Å². The number of hydrogen-bond donors (Lipinski definition) is 2. The highest BCUT2D eigenvalue weighted by molar-refractivity contribution is 7.11. The molecule has 0 radical (unpaired) electrons. The van der Waals surface area contributed by atoms with Gasteiger partial charge in [0.05, 0.1) is 12.1 Å². The monoisotopic (exact) mass is 262 g/mol. The van der Waals surface area contributed by atoms with Crippen LogP contribution in [0, 0.1) is 0 Å². The highest BCUT2D eigenvalue weighted by Gasteiger charge is 2.03. The van der Waals surface area contributed by atoms with E-state index in [2.05, 4.69) is 22.2 Å². The van der Waals surface area contributed by atoms with E-state index in [1.54, 1.807) is 23.5 Å². The van der Waals surface area contributed by atoms with Crippen molar-refractivity contribution < 1.29 is 4.79 Å². The first-order valence-corrected chi connectivity index (χ1v) is 6.44. The molecule has 0 aliphatic heterocycles. The third-order valence-corrected chi connectivity index (χ3v) is 3.56. The van der Waals surface area contributed by atoms with E-state index in [0.29, 0.717) is 17.9 Å². The Morgan fingerprint density at radius 1 is 1.39 bits per heavy atom. The first-order valence-electron chi connectivity index (χ1n) is 5.62. The van der Waals surface area contributed by atoms with Crippen LogP contribution in [0.5, 0.6) is 0 Å². The van der Waals surface area contributed by atoms with Crippen LogP contribution in [-0.2, 0) is 13.0 Å². The van der Waals surface area contributed by atoms with Gasteiger partial charge in [0.15, 0.2) is 0 Å². The van der Waals surface area contributed by atoms with E-state index in [4.69, 9.17) is 5.73 Å². The molecule has 0 aliphatic carbocycles. The van der Waals surface area contributed by atoms with Crippen molar-refractivity contribution >= 4 is 23.1 Å². The zero-order valence-electron chi connectivity index (χ0n) is 10.0. The van der Waals surface area contributed by atoms with Crippen LogP contribution in [-0.4, -0.2) is 15.9 Å². The summed E-state index contributed by atoms with van der Waals surface area (Å²) < 4.78 is 0. The van der Waals surface area contributed by atoms with E-state index < -0.39 is 5.91 Å². The number of carbonyl (C=O) groups excluding carboxylic acids is 1. The summed E-state index contributed by atoms with van der Waals surface area (Å²) in [5.41, 5.74) is 5.54. The number of pyridine rings is 1. The maximum atomic E-state index is 10.9. The van der Waals surface area contributed by atoms with Crippen molar-refractivity contribution in [2.45, 2.75) is 19.9 Å². The van der Waals surface area contributed by atoms with E-state index in [1.807, 2.05) is 6.20 Å². The standard InChI is InChI=1S/C12H14N4OS/c1-2-9-6-16-11(18-9)7-15-10-4-3-8(5-14-10)12(13)17/h3-6H,2,7H2,1H3,(H2,13,17)(H,14,15). The Balaban J connectivity index is 1.95. The zero-order valence-corrected chi connectivity index (χ0v) is 10.8. The second kappa shape index (κ2) is 5.59. The Morgan fingerprint density at radius 3 is 2.78 bits per heavy atom. The van der Waals surface area contributed by atoms with E-state index >= 15 is 0 Å². The number of nitrogens with two attached hydrogens (primary N) is 1. The number of aryl methyl sites for hydroxylation is 1. The fraction of sp³-hybridized carbons (Fsp3) is 0.250. The van der Waals surface area contributed by atoms with Crippen LogP contribution in [0.1, 0.15) is 27.2 Å². The SMILES string of the molecule is CCc1cnc(CNc2ccc(C(N)=O)cn2)s1. The summed E-state index contributed by atoms with van der Waals surface area (Å²) in [5, 5.41) is 4.17. The molecule has 2 heterocycles. The van der Waals surface area contributed by atoms with Crippen LogP contribution in [0.3, 0.4) is 0 Å². The van der Waals surface area contributed by atoms with Gasteiger partial charge in [-0.3, -0.25) is 4.79 Å². The molecule has 5 nitrogen and oxygen atoms in total. The Hall–Kier alpha value is -1.95. The van der Waals surface area contributed by atoms with Crippen LogP contribution in [0.15, 0.2) is 24.5 Å². The summed E-state index contributed by atoms with van der Waals surface area (Å²) in [6, 6.07) is 3.38. The average molecular weight is 262 g/mol. The molecule has 6 heteroatoms. The molecule has 3 N–H and O–H groups in total. The van der Waals surface area contributed by atoms with Crippen LogP contribution in [0.25, 0.3) is 0 Å². The molecule has 0 bridgehead atoms. The number of carbonyl (C=O) groups is 1. The number of rotatable bonds is 5. The largest absolute Gasteiger partial charge is 0.366 e. The van der Waals surface area contributed by atoms with Crippen LogP contribution < -0.4 is 11.1 Å². The predicted octanol–water partition coefficient (Wildman–Crippen LogP) is 1.81. The summed E-state index contributed by atoms with van der Waals surface area (Å²) in [7, 11) is 0. The second-order valence-electron chi connectivity index (χ2n) is 3.72. The lowest BCUT2D eigenvalue weighted by atomic mass is 10.3. The molecule has 1 amide bonds. The summed E-state index contributed by atoms with van der Waals surface area (Å²) in [6.45, 7) is 2.74. The number of nitrogens with zero attached hydrogens (tertiary/aromatic N) is 2. The summed E-state index contributed by atoms with van der Waals surface area (Å²) in [6.07, 6.45) is 4.36. The molecule has 0 fully saturated rings. The lowest BCUT2D eigenvalue weighted by Gasteiger charge is -2.03. The van der Waals surface area contributed by atoms with Gasteiger partial charge in [-0.1, -0.05) is 6.92 Å². The summed E-state index contributed by atoms with van der Waals surface area (Å²) in [5.74, 6) is 0.231. The van der Waals surface area contributed by atoms with Gasteiger partial charge in [-0.05, 0) is 18.6 Å². The molecule has 0 aromatic carbocycles. The first-order chi connectivity index (χ1) is 8.69. The maximum absolute atomic E-state index is 10.9. The van der Waals surface area contributed by atoms with E-state index in [-0.39, 0.29) is 0 Å². The minimum absolute atomic E-state index is 0.406. The fourth-order valence-corrected chi connectivity index (χ4v) is 2.21. The van der Waals surface area contributed by atoms with E-state index in [0.717, 1.165) is 11.4 Å². The molecule has 2 aromatic heterocycles. The molecule has 0 saturated carbocycles. The number of primary amides is 1. The van der Waals surface area contributed by atoms with Crippen LogP contribution in [0.4, 0.5) is 5.82 Å². The third-order valence-electron chi connectivity index (χ3n) is 2.42. The van der Waals surface area contributed by atoms with Gasteiger partial charge in [0.1, 0.15) is 10.8 Å². The smallest absolute Gasteiger partial charge is 0.250 e. The topological polar surface area (TPSA) is 80.9 Å². The molecule has 94 valence electrons. The fourth-order valence-electron chi connectivity index (χ4n) is 1.40. The summed E-state index contributed by atoms with van der Waals surface area (Å²) in [4.78, 5) is 20.6. The highest BCUT2D eigenvalue weighted by Crippen LogP contribution is 2.14. The van der Waals surface area contributed by atoms with Gasteiger partial charge in [-0.15, -0.1) is 11.3 Å². The van der Waals surface area contributed by atoms with Gasteiger partial charge >= 0.3 is 0 Å². The minimum Gasteiger partial charge on any atom is -0.366 e. The van der Waals surface area contributed by atoms with E-state index in [9.17, 15) is 4.79 Å². The molecular formula is C12H14N4OS. The van der Waals surface area contributed by atoms with Crippen molar-refractivity contribution in [2.24, 2.45) is 5.73 Å². The molecule has 0 aliphatic rings. The van der Waals surface area contributed by atoms with Gasteiger partial charge < -0.3 is 11.1 Å². The number of hydrogen-bond acceptors (Lipinski definition) is 5. The molecule has 18 heavy (non-hydrogen) atoms. The van der Waals surface area contributed by atoms with Crippen molar-refractivity contribution in [2.75, 3.05) is 5.32 Å². The van der Waals surface area contributed by atoms with Crippen molar-refractivity contribution in [3.8, 4) is 0 Å². The third kappa shape index (κ3) is 3.04. The maximum Gasteiger partial charge on any atom is 0.250 e. The number of amides is 1. The lowest BCUT2D eigenvalue weighted by molar-refractivity contribution is 0.1000. The first kappa shape index (κ1) is 12.5. The number of aromatic nitrogens is 2.